The highest BCUT2D eigenvalue weighted by Crippen LogP contribution is 2.26. The first kappa shape index (κ1) is 17.4. The highest BCUT2D eigenvalue weighted by molar-refractivity contribution is 9.10. The molecule has 0 unspecified atom stereocenters. The summed E-state index contributed by atoms with van der Waals surface area (Å²) in [4.78, 5) is 4.46. The lowest BCUT2D eigenvalue weighted by Gasteiger charge is -2.09. The zero-order valence-electron chi connectivity index (χ0n) is 13.0. The van der Waals surface area contributed by atoms with Crippen molar-refractivity contribution in [3.05, 3.63) is 88.9 Å². The lowest BCUT2D eigenvalue weighted by Crippen LogP contribution is -2.10. The van der Waals surface area contributed by atoms with Gasteiger partial charge in [0.1, 0.15) is 4.90 Å². The van der Waals surface area contributed by atoms with Crippen LogP contribution >= 0.6 is 15.9 Å². The molecule has 4 nitrogen and oxygen atoms in total. The second-order valence-corrected chi connectivity index (χ2v) is 7.59. The van der Waals surface area contributed by atoms with E-state index in [1.807, 2.05) is 30.3 Å². The van der Waals surface area contributed by atoms with Crippen molar-refractivity contribution in [2.24, 2.45) is 4.99 Å². The number of hydrogen-bond acceptors (Lipinski definition) is 4. The Labute approximate surface area is 155 Å². The molecule has 3 rings (SSSR count). The highest BCUT2D eigenvalue weighted by Gasteiger charge is 2.17. The molecule has 3 aromatic rings. The number of halogens is 1. The van der Waals surface area contributed by atoms with Gasteiger partial charge in [0.2, 0.25) is 0 Å². The standard InChI is InChI=1S/C19H14BrNO3S/c20-16-11-12-19(24-25(22,23)18-9-5-2-6-10-18)15(13-16)14-21-17-7-3-1-4-8-17/h1-14H. The van der Waals surface area contributed by atoms with E-state index >= 15 is 0 Å². The number of benzene rings is 3. The molecule has 0 atom stereocenters. The Bertz CT molecular complexity index is 988. The summed E-state index contributed by atoms with van der Waals surface area (Å²) in [6.07, 6.45) is 1.58. The number of rotatable bonds is 5. The van der Waals surface area contributed by atoms with E-state index in [0.717, 1.165) is 10.2 Å². The van der Waals surface area contributed by atoms with Gasteiger partial charge in [-0.2, -0.15) is 8.42 Å². The van der Waals surface area contributed by atoms with Crippen LogP contribution in [-0.2, 0) is 10.1 Å². The van der Waals surface area contributed by atoms with Crippen molar-refractivity contribution in [2.45, 2.75) is 4.90 Å². The fourth-order valence-electron chi connectivity index (χ4n) is 2.11. The third kappa shape index (κ3) is 4.55. The van der Waals surface area contributed by atoms with Crippen LogP contribution in [0.4, 0.5) is 5.69 Å². The monoisotopic (exact) mass is 415 g/mol. The summed E-state index contributed by atoms with van der Waals surface area (Å²) in [5.41, 5.74) is 1.32. The van der Waals surface area contributed by atoms with E-state index in [2.05, 4.69) is 20.9 Å². The van der Waals surface area contributed by atoms with Crippen LogP contribution in [0.3, 0.4) is 0 Å². The Hall–Kier alpha value is -2.44. The molecule has 0 bridgehead atoms. The van der Waals surface area contributed by atoms with Crippen molar-refractivity contribution in [3.8, 4) is 5.75 Å². The molecule has 0 aromatic heterocycles. The van der Waals surface area contributed by atoms with Gasteiger partial charge in [0.25, 0.3) is 0 Å². The Balaban J connectivity index is 1.93. The average molecular weight is 416 g/mol. The third-order valence-corrected chi connectivity index (χ3v) is 5.05. The molecule has 0 heterocycles. The lowest BCUT2D eigenvalue weighted by atomic mass is 10.2. The molecule has 0 saturated carbocycles. The van der Waals surface area contributed by atoms with Gasteiger partial charge < -0.3 is 4.18 Å². The summed E-state index contributed by atoms with van der Waals surface area (Å²) in [5.74, 6) is 0.215. The number of aliphatic imine (C=N–C) groups is 1. The van der Waals surface area contributed by atoms with Gasteiger partial charge in [-0.05, 0) is 42.5 Å². The van der Waals surface area contributed by atoms with Gasteiger partial charge in [-0.3, -0.25) is 4.99 Å². The maximum Gasteiger partial charge on any atom is 0.339 e. The van der Waals surface area contributed by atoms with Crippen molar-refractivity contribution in [3.63, 3.8) is 0 Å². The quantitative estimate of drug-likeness (QED) is 0.436. The maximum atomic E-state index is 12.4. The molecule has 3 aromatic carbocycles. The molecule has 126 valence electrons. The minimum Gasteiger partial charge on any atom is -0.378 e. The molecule has 0 aliphatic rings. The first-order valence-electron chi connectivity index (χ1n) is 7.43. The molecule has 0 fully saturated rings. The summed E-state index contributed by atoms with van der Waals surface area (Å²) in [6.45, 7) is 0. The number of hydrogen-bond donors (Lipinski definition) is 0. The molecule has 6 heteroatoms. The van der Waals surface area contributed by atoms with Crippen LogP contribution in [0, 0.1) is 0 Å². The molecule has 0 spiro atoms. The minimum absolute atomic E-state index is 0.101. The zero-order valence-corrected chi connectivity index (χ0v) is 15.4. The van der Waals surface area contributed by atoms with Crippen LogP contribution < -0.4 is 4.18 Å². The van der Waals surface area contributed by atoms with Crippen LogP contribution in [0.25, 0.3) is 0 Å². The third-order valence-electron chi connectivity index (χ3n) is 3.31. The van der Waals surface area contributed by atoms with Crippen molar-refractivity contribution < 1.29 is 12.6 Å². The van der Waals surface area contributed by atoms with Crippen LogP contribution in [0.2, 0.25) is 0 Å². The summed E-state index contributed by atoms with van der Waals surface area (Å²) in [6, 6.07) is 22.5. The summed E-state index contributed by atoms with van der Waals surface area (Å²) < 4.78 is 31.0. The van der Waals surface area contributed by atoms with Crippen LogP contribution in [0.5, 0.6) is 5.75 Å². The molecular weight excluding hydrogens is 402 g/mol. The van der Waals surface area contributed by atoms with E-state index in [9.17, 15) is 8.42 Å². The van der Waals surface area contributed by atoms with Crippen LogP contribution in [-0.4, -0.2) is 14.6 Å². The molecule has 0 aliphatic carbocycles. The van der Waals surface area contributed by atoms with Crippen molar-refractivity contribution in [2.75, 3.05) is 0 Å². The fraction of sp³-hybridized carbons (Fsp3) is 0. The number of nitrogens with zero attached hydrogens (tertiary/aromatic N) is 1. The second kappa shape index (κ2) is 7.63. The molecule has 0 radical (unpaired) electrons. The zero-order chi connectivity index (χ0) is 17.7. The second-order valence-electron chi connectivity index (χ2n) is 5.13. The SMILES string of the molecule is O=S(=O)(Oc1ccc(Br)cc1C=Nc1ccccc1)c1ccccc1. The Kier molecular flexibility index (Phi) is 5.31. The summed E-state index contributed by atoms with van der Waals surface area (Å²) in [7, 11) is -3.91. The molecular formula is C19H14BrNO3S. The van der Waals surface area contributed by atoms with Gasteiger partial charge >= 0.3 is 10.1 Å². The lowest BCUT2D eigenvalue weighted by molar-refractivity contribution is 0.485. The normalized spacial score (nSPS) is 11.6. The molecule has 0 amide bonds. The van der Waals surface area contributed by atoms with Gasteiger partial charge in [-0.15, -0.1) is 0 Å². The van der Waals surface area contributed by atoms with Gasteiger partial charge in [0.15, 0.2) is 5.75 Å². The molecule has 0 aliphatic heterocycles. The molecule has 0 saturated heterocycles. The van der Waals surface area contributed by atoms with E-state index in [0.29, 0.717) is 5.56 Å². The van der Waals surface area contributed by atoms with Crippen LogP contribution in [0.15, 0.2) is 93.2 Å². The summed E-state index contributed by atoms with van der Waals surface area (Å²) >= 11 is 3.38. The average Bonchev–Trinajstić information content (AvgIpc) is 2.63. The van der Waals surface area contributed by atoms with E-state index < -0.39 is 10.1 Å². The van der Waals surface area contributed by atoms with Crippen LogP contribution in [0.1, 0.15) is 5.56 Å². The first-order valence-corrected chi connectivity index (χ1v) is 9.63. The van der Waals surface area contributed by atoms with Gasteiger partial charge in [0, 0.05) is 16.3 Å². The van der Waals surface area contributed by atoms with E-state index in [-0.39, 0.29) is 10.6 Å². The first-order chi connectivity index (χ1) is 12.0. The molecule has 25 heavy (non-hydrogen) atoms. The van der Waals surface area contributed by atoms with Gasteiger partial charge in [-0.1, -0.05) is 52.3 Å². The Morgan fingerprint density at radius 1 is 0.880 bits per heavy atom. The maximum absolute atomic E-state index is 12.4. The van der Waals surface area contributed by atoms with Crippen molar-refractivity contribution in [1.82, 2.24) is 0 Å². The largest absolute Gasteiger partial charge is 0.378 e. The predicted octanol–water partition coefficient (Wildman–Crippen LogP) is 4.97. The topological polar surface area (TPSA) is 55.7 Å². The van der Waals surface area contributed by atoms with Crippen molar-refractivity contribution >= 4 is 38.0 Å². The fourth-order valence-corrected chi connectivity index (χ4v) is 3.46. The van der Waals surface area contributed by atoms with E-state index in [1.165, 1.54) is 12.1 Å². The van der Waals surface area contributed by atoms with Gasteiger partial charge in [-0.25, -0.2) is 0 Å². The van der Waals surface area contributed by atoms with Crippen molar-refractivity contribution in [1.29, 1.82) is 0 Å². The minimum atomic E-state index is -3.91. The highest BCUT2D eigenvalue weighted by atomic mass is 79.9. The summed E-state index contributed by atoms with van der Waals surface area (Å²) in [5, 5.41) is 0. The Morgan fingerprint density at radius 3 is 2.20 bits per heavy atom. The van der Waals surface area contributed by atoms with E-state index in [1.54, 1.807) is 42.6 Å². The predicted molar refractivity (Wildman–Crippen MR) is 102 cm³/mol. The smallest absolute Gasteiger partial charge is 0.339 e. The molecule has 0 N–H and O–H groups in total. The van der Waals surface area contributed by atoms with E-state index in [4.69, 9.17) is 4.18 Å². The number of para-hydroxylation sites is 1. The Morgan fingerprint density at radius 2 is 1.52 bits per heavy atom. The van der Waals surface area contributed by atoms with Gasteiger partial charge in [0.05, 0.1) is 5.69 Å².